The molecule has 0 spiro atoms. The first kappa shape index (κ1) is 9.78. The van der Waals surface area contributed by atoms with Crippen molar-refractivity contribution in [3.8, 4) is 0 Å². The lowest BCUT2D eigenvalue weighted by molar-refractivity contribution is 0.625. The van der Waals surface area contributed by atoms with Crippen molar-refractivity contribution in [2.45, 2.75) is 19.3 Å². The Hall–Kier alpha value is -1.31. The molecule has 2 heteroatoms. The van der Waals surface area contributed by atoms with Crippen molar-refractivity contribution >= 4 is 5.69 Å². The number of nitrogen functional groups attached to an aromatic ring is 1. The third kappa shape index (κ3) is 2.90. The van der Waals surface area contributed by atoms with E-state index < -0.39 is 0 Å². The third-order valence-corrected chi connectivity index (χ3v) is 1.96. The smallest absolute Gasteiger partial charge is 0.123 e. The number of anilines is 1. The third-order valence-electron chi connectivity index (χ3n) is 1.96. The Labute approximate surface area is 78.1 Å². The van der Waals surface area contributed by atoms with E-state index in [0.717, 1.165) is 24.8 Å². The molecule has 0 aliphatic carbocycles. The SMILES string of the molecule is C=CCCCc1cc(F)ccc1N. The van der Waals surface area contributed by atoms with Crippen molar-refractivity contribution in [1.29, 1.82) is 0 Å². The van der Waals surface area contributed by atoms with Crippen LogP contribution in [0, 0.1) is 5.82 Å². The van der Waals surface area contributed by atoms with Gasteiger partial charge in [-0.25, -0.2) is 4.39 Å². The van der Waals surface area contributed by atoms with Gasteiger partial charge in [-0.2, -0.15) is 0 Å². The molecule has 0 fully saturated rings. The monoisotopic (exact) mass is 179 g/mol. The van der Waals surface area contributed by atoms with Gasteiger partial charge in [0.05, 0.1) is 0 Å². The molecule has 13 heavy (non-hydrogen) atoms. The minimum absolute atomic E-state index is 0.220. The first-order chi connectivity index (χ1) is 6.24. The highest BCUT2D eigenvalue weighted by molar-refractivity contribution is 5.46. The highest BCUT2D eigenvalue weighted by Gasteiger charge is 1.99. The summed E-state index contributed by atoms with van der Waals surface area (Å²) in [6.45, 7) is 3.63. The Morgan fingerprint density at radius 1 is 1.46 bits per heavy atom. The van der Waals surface area contributed by atoms with Crippen LogP contribution in [0.3, 0.4) is 0 Å². The molecule has 0 radical (unpaired) electrons. The van der Waals surface area contributed by atoms with Crippen LogP contribution in [-0.4, -0.2) is 0 Å². The van der Waals surface area contributed by atoms with Gasteiger partial charge in [-0.05, 0) is 43.0 Å². The highest BCUT2D eigenvalue weighted by atomic mass is 19.1. The van der Waals surface area contributed by atoms with E-state index >= 15 is 0 Å². The first-order valence-electron chi connectivity index (χ1n) is 4.39. The molecule has 1 aromatic rings. The molecule has 0 aliphatic rings. The molecule has 0 unspecified atom stereocenters. The zero-order valence-electron chi connectivity index (χ0n) is 7.59. The summed E-state index contributed by atoms with van der Waals surface area (Å²) < 4.78 is 12.8. The predicted octanol–water partition coefficient (Wildman–Crippen LogP) is 2.92. The molecule has 0 bridgehead atoms. The second kappa shape index (κ2) is 4.65. The molecular weight excluding hydrogens is 165 g/mol. The fourth-order valence-electron chi connectivity index (χ4n) is 1.23. The van der Waals surface area contributed by atoms with Gasteiger partial charge >= 0.3 is 0 Å². The fraction of sp³-hybridized carbons (Fsp3) is 0.273. The van der Waals surface area contributed by atoms with E-state index in [1.54, 1.807) is 6.07 Å². The highest BCUT2D eigenvalue weighted by Crippen LogP contribution is 2.15. The topological polar surface area (TPSA) is 26.0 Å². The Kier molecular flexibility index (Phi) is 3.50. The summed E-state index contributed by atoms with van der Waals surface area (Å²) in [5.74, 6) is -0.220. The summed E-state index contributed by atoms with van der Waals surface area (Å²) in [6.07, 6.45) is 4.58. The van der Waals surface area contributed by atoms with Crippen LogP contribution in [0.5, 0.6) is 0 Å². The molecule has 0 heterocycles. The van der Waals surface area contributed by atoms with Crippen LogP contribution in [0.1, 0.15) is 18.4 Å². The largest absolute Gasteiger partial charge is 0.399 e. The number of nitrogens with two attached hydrogens (primary N) is 1. The Bertz CT molecular complexity index is 294. The molecule has 0 amide bonds. The molecule has 1 nitrogen and oxygen atoms in total. The van der Waals surface area contributed by atoms with E-state index in [4.69, 9.17) is 5.73 Å². The number of hydrogen-bond donors (Lipinski definition) is 1. The van der Waals surface area contributed by atoms with Crippen LogP contribution >= 0.6 is 0 Å². The van der Waals surface area contributed by atoms with Crippen LogP contribution in [0.25, 0.3) is 0 Å². The number of benzene rings is 1. The van der Waals surface area contributed by atoms with E-state index in [9.17, 15) is 4.39 Å². The first-order valence-corrected chi connectivity index (χ1v) is 4.39. The summed E-state index contributed by atoms with van der Waals surface area (Å²) >= 11 is 0. The Morgan fingerprint density at radius 2 is 2.23 bits per heavy atom. The van der Waals surface area contributed by atoms with Crippen LogP contribution in [0.4, 0.5) is 10.1 Å². The summed E-state index contributed by atoms with van der Waals surface area (Å²) in [5, 5.41) is 0. The fourth-order valence-corrected chi connectivity index (χ4v) is 1.23. The lowest BCUT2D eigenvalue weighted by Crippen LogP contribution is -1.95. The molecule has 0 saturated heterocycles. The van der Waals surface area contributed by atoms with Crippen molar-refractivity contribution < 1.29 is 4.39 Å². The average molecular weight is 179 g/mol. The van der Waals surface area contributed by atoms with Gasteiger partial charge in [-0.1, -0.05) is 6.08 Å². The number of unbranched alkanes of at least 4 members (excludes halogenated alkanes) is 1. The van der Waals surface area contributed by atoms with Gasteiger partial charge in [0.2, 0.25) is 0 Å². The number of halogens is 1. The van der Waals surface area contributed by atoms with Crippen molar-refractivity contribution in [1.82, 2.24) is 0 Å². The van der Waals surface area contributed by atoms with Gasteiger partial charge < -0.3 is 5.73 Å². The summed E-state index contributed by atoms with van der Waals surface area (Å²) in [7, 11) is 0. The molecule has 1 rings (SSSR count). The average Bonchev–Trinajstić information content (AvgIpc) is 2.11. The quantitative estimate of drug-likeness (QED) is 0.429. The molecule has 70 valence electrons. The van der Waals surface area contributed by atoms with Crippen LogP contribution in [0.15, 0.2) is 30.9 Å². The van der Waals surface area contributed by atoms with Crippen molar-refractivity contribution in [3.63, 3.8) is 0 Å². The van der Waals surface area contributed by atoms with Gasteiger partial charge in [-0.3, -0.25) is 0 Å². The van der Waals surface area contributed by atoms with Gasteiger partial charge in [0.15, 0.2) is 0 Å². The van der Waals surface area contributed by atoms with Gasteiger partial charge in [0.25, 0.3) is 0 Å². The van der Waals surface area contributed by atoms with Gasteiger partial charge in [0.1, 0.15) is 5.82 Å². The molecular formula is C11H14FN. The van der Waals surface area contributed by atoms with Gasteiger partial charge in [-0.15, -0.1) is 6.58 Å². The predicted molar refractivity (Wildman–Crippen MR) is 53.9 cm³/mol. The zero-order chi connectivity index (χ0) is 9.68. The van der Waals surface area contributed by atoms with Crippen LogP contribution in [0.2, 0.25) is 0 Å². The molecule has 2 N–H and O–H groups in total. The molecule has 0 aromatic heterocycles. The van der Waals surface area contributed by atoms with Crippen LogP contribution in [-0.2, 0) is 6.42 Å². The molecule has 0 atom stereocenters. The normalized spacial score (nSPS) is 9.92. The second-order valence-electron chi connectivity index (χ2n) is 3.02. The maximum Gasteiger partial charge on any atom is 0.123 e. The molecule has 0 saturated carbocycles. The molecule has 0 aliphatic heterocycles. The maximum absolute atomic E-state index is 12.8. The summed E-state index contributed by atoms with van der Waals surface area (Å²) in [5.41, 5.74) is 7.24. The second-order valence-corrected chi connectivity index (χ2v) is 3.02. The number of rotatable bonds is 4. The number of allylic oxidation sites excluding steroid dienone is 1. The lowest BCUT2D eigenvalue weighted by Gasteiger charge is -2.03. The minimum atomic E-state index is -0.220. The Morgan fingerprint density at radius 3 is 2.92 bits per heavy atom. The standard InChI is InChI=1S/C11H14FN/c1-2-3-4-5-9-8-10(12)6-7-11(9)13/h2,6-8H,1,3-5,13H2. The van der Waals surface area contributed by atoms with Crippen molar-refractivity contribution in [2.24, 2.45) is 0 Å². The van der Waals surface area contributed by atoms with Gasteiger partial charge in [0, 0.05) is 5.69 Å². The molecule has 1 aromatic carbocycles. The van der Waals surface area contributed by atoms with E-state index in [-0.39, 0.29) is 5.82 Å². The Balaban J connectivity index is 2.64. The lowest BCUT2D eigenvalue weighted by atomic mass is 10.1. The van der Waals surface area contributed by atoms with Crippen molar-refractivity contribution in [3.05, 3.63) is 42.2 Å². The maximum atomic E-state index is 12.8. The summed E-state index contributed by atoms with van der Waals surface area (Å²) in [4.78, 5) is 0. The van der Waals surface area contributed by atoms with E-state index in [2.05, 4.69) is 6.58 Å². The van der Waals surface area contributed by atoms with E-state index in [1.807, 2.05) is 6.08 Å². The minimum Gasteiger partial charge on any atom is -0.399 e. The van der Waals surface area contributed by atoms with E-state index in [1.165, 1.54) is 12.1 Å². The van der Waals surface area contributed by atoms with Crippen molar-refractivity contribution in [2.75, 3.05) is 5.73 Å². The number of aryl methyl sites for hydroxylation is 1. The zero-order valence-corrected chi connectivity index (χ0v) is 7.59. The number of hydrogen-bond acceptors (Lipinski definition) is 1. The summed E-state index contributed by atoms with van der Waals surface area (Å²) in [6, 6.07) is 4.49. The van der Waals surface area contributed by atoms with E-state index in [0.29, 0.717) is 5.69 Å². The van der Waals surface area contributed by atoms with Crippen LogP contribution < -0.4 is 5.73 Å².